The summed E-state index contributed by atoms with van der Waals surface area (Å²) >= 11 is 0. The van der Waals surface area contributed by atoms with Crippen molar-refractivity contribution in [2.24, 2.45) is 0 Å². The van der Waals surface area contributed by atoms with Gasteiger partial charge in [-0.05, 0) is 34.6 Å². The van der Waals surface area contributed by atoms with Crippen molar-refractivity contribution >= 4 is 13.5 Å². The predicted molar refractivity (Wildman–Crippen MR) is 108 cm³/mol. The second-order valence-electron chi connectivity index (χ2n) is 7.35. The fourth-order valence-corrected chi connectivity index (χ4v) is 4.76. The van der Waals surface area contributed by atoms with E-state index in [0.29, 0.717) is 0 Å². The van der Waals surface area contributed by atoms with E-state index in [4.69, 9.17) is 18.5 Å². The molecule has 0 radical (unpaired) electrons. The van der Waals surface area contributed by atoms with Crippen molar-refractivity contribution in [2.75, 3.05) is 32.7 Å². The third-order valence-electron chi connectivity index (χ3n) is 4.33. The van der Waals surface area contributed by atoms with Crippen molar-refractivity contribution < 1.29 is 27.9 Å². The largest absolute Gasteiger partial charge is 0.349 e. The summed E-state index contributed by atoms with van der Waals surface area (Å²) < 4.78 is 36.1. The molecule has 30 heavy (non-hydrogen) atoms. The number of aromatic amines is 1. The first-order valence-electron chi connectivity index (χ1n) is 9.76. The molecule has 1 aliphatic rings. The molecular weight excluding hydrogens is 417 g/mol. The highest BCUT2D eigenvalue weighted by molar-refractivity contribution is 7.53. The Morgan fingerprint density at radius 1 is 1.33 bits per heavy atom. The highest BCUT2D eigenvalue weighted by Crippen LogP contribution is 2.48. The predicted octanol–water partition coefficient (Wildman–Crippen LogP) is 1.05. The van der Waals surface area contributed by atoms with E-state index in [1.165, 1.54) is 18.0 Å². The molecule has 170 valence electrons. The maximum Gasteiger partial charge on any atom is 0.349 e. The Morgan fingerprint density at radius 3 is 2.50 bits per heavy atom. The van der Waals surface area contributed by atoms with E-state index in [1.807, 2.05) is 0 Å². The lowest BCUT2D eigenvalue weighted by Gasteiger charge is -2.29. The number of ether oxygens (including phenoxy) is 2. The molecule has 1 atom stereocenters. The van der Waals surface area contributed by atoms with Gasteiger partial charge in [0.15, 0.2) is 5.79 Å². The Balaban J connectivity index is 2.26. The first-order valence-corrected chi connectivity index (χ1v) is 11.5. The van der Waals surface area contributed by atoms with Crippen LogP contribution < -0.4 is 11.2 Å². The molecule has 1 saturated heterocycles. The Labute approximate surface area is 174 Å². The van der Waals surface area contributed by atoms with Crippen molar-refractivity contribution in [2.45, 2.75) is 53.1 Å². The molecule has 0 bridgehead atoms. The molecule has 0 spiro atoms. The van der Waals surface area contributed by atoms with E-state index >= 15 is 0 Å². The third-order valence-corrected chi connectivity index (χ3v) is 6.33. The van der Waals surface area contributed by atoms with Gasteiger partial charge in [-0.25, -0.2) is 4.79 Å². The number of aryl methyl sites for hydroxylation is 1. The van der Waals surface area contributed by atoms with Gasteiger partial charge in [0.1, 0.15) is 18.9 Å². The van der Waals surface area contributed by atoms with E-state index in [0.717, 1.165) is 4.57 Å². The van der Waals surface area contributed by atoms with Gasteiger partial charge in [-0.15, -0.1) is 0 Å². The van der Waals surface area contributed by atoms with Crippen LogP contribution in [-0.2, 0) is 34.4 Å². The number of H-pyrrole nitrogens is 1. The van der Waals surface area contributed by atoms with Crippen LogP contribution >= 0.6 is 7.60 Å². The lowest BCUT2D eigenvalue weighted by molar-refractivity contribution is -0.146. The summed E-state index contributed by atoms with van der Waals surface area (Å²) in [7, 11) is -3.59. The third kappa shape index (κ3) is 6.61. The fraction of sp³-hybridized carbons (Fsp3) is 0.722. The van der Waals surface area contributed by atoms with Crippen molar-refractivity contribution in [3.63, 3.8) is 0 Å². The monoisotopic (exact) mass is 447 g/mol. The number of hydrogen-bond acceptors (Lipinski definition) is 8. The summed E-state index contributed by atoms with van der Waals surface area (Å²) in [6, 6.07) is 0. The Bertz CT molecular complexity index is 899. The second-order valence-corrected chi connectivity index (χ2v) is 9.38. The minimum absolute atomic E-state index is 0.0729. The summed E-state index contributed by atoms with van der Waals surface area (Å²) in [6.45, 7) is 8.66. The van der Waals surface area contributed by atoms with Gasteiger partial charge in [-0.1, -0.05) is 0 Å². The molecule has 11 nitrogen and oxygen atoms in total. The zero-order chi connectivity index (χ0) is 22.5. The van der Waals surface area contributed by atoms with Gasteiger partial charge in [-0.3, -0.25) is 23.7 Å². The molecular formula is C18H30N3O8P. The molecule has 1 fully saturated rings. The van der Waals surface area contributed by atoms with E-state index < -0.39 is 36.6 Å². The average Bonchev–Trinajstić information content (AvgIpc) is 2.98. The average molecular weight is 447 g/mol. The number of rotatable bonds is 10. The van der Waals surface area contributed by atoms with Crippen molar-refractivity contribution in [3.8, 4) is 0 Å². The molecule has 0 aliphatic carbocycles. The van der Waals surface area contributed by atoms with Gasteiger partial charge in [-0.2, -0.15) is 0 Å². The Kier molecular flexibility index (Phi) is 8.18. The van der Waals surface area contributed by atoms with Gasteiger partial charge in [0.25, 0.3) is 5.56 Å². The molecule has 2 heterocycles. The number of hydrogen-bond donors (Lipinski definition) is 1. The minimum Gasteiger partial charge on any atom is -0.348 e. The molecule has 1 aromatic heterocycles. The molecule has 2 rings (SSSR count). The number of nitrogens with zero attached hydrogens (tertiary/aromatic N) is 2. The van der Waals surface area contributed by atoms with Gasteiger partial charge in [0.2, 0.25) is 5.91 Å². The van der Waals surface area contributed by atoms with E-state index in [2.05, 4.69) is 4.98 Å². The number of amides is 1. The van der Waals surface area contributed by atoms with Crippen LogP contribution in [0.4, 0.5) is 0 Å². The van der Waals surface area contributed by atoms with Crippen LogP contribution in [0.1, 0.15) is 33.3 Å². The zero-order valence-electron chi connectivity index (χ0n) is 18.0. The standard InChI is InChI=1S/C18H30N3O8P/c1-6-27-30(25,28-7-2)12-21(9-14-11-26-18(4,5)29-14)15(22)10-20-8-13(3)16(23)19-17(20)24/h8,14H,6-7,9-12H2,1-5H3,(H,19,23,24)/t14-/m1/s1. The zero-order valence-corrected chi connectivity index (χ0v) is 18.9. The summed E-state index contributed by atoms with van der Waals surface area (Å²) in [5, 5.41) is 0. The molecule has 1 amide bonds. The molecule has 12 heteroatoms. The molecule has 1 N–H and O–H groups in total. The van der Waals surface area contributed by atoms with Gasteiger partial charge >= 0.3 is 13.3 Å². The molecule has 0 aromatic carbocycles. The van der Waals surface area contributed by atoms with Crippen molar-refractivity contribution in [3.05, 3.63) is 32.6 Å². The van der Waals surface area contributed by atoms with Crippen molar-refractivity contribution in [1.29, 1.82) is 0 Å². The summed E-state index contributed by atoms with van der Waals surface area (Å²) in [5.74, 6) is -1.30. The smallest absolute Gasteiger partial charge is 0.348 e. The molecule has 1 aliphatic heterocycles. The number of nitrogens with one attached hydrogen (secondary N) is 1. The summed E-state index contributed by atoms with van der Waals surface area (Å²) in [6.07, 6.45) is 0.556. The maximum absolute atomic E-state index is 13.0. The van der Waals surface area contributed by atoms with Crippen LogP contribution in [0.3, 0.4) is 0 Å². The Morgan fingerprint density at radius 2 is 1.97 bits per heavy atom. The molecule has 0 unspecified atom stereocenters. The van der Waals surface area contributed by atoms with Gasteiger partial charge < -0.3 is 23.4 Å². The number of carbonyl (C=O) groups excluding carboxylic acids is 1. The normalized spacial score (nSPS) is 18.5. The number of aromatic nitrogens is 2. The van der Waals surface area contributed by atoms with E-state index in [-0.39, 0.29) is 44.8 Å². The quantitative estimate of drug-likeness (QED) is 0.527. The lowest BCUT2D eigenvalue weighted by Crippen LogP contribution is -2.43. The lowest BCUT2D eigenvalue weighted by atomic mass is 10.3. The Hall–Kier alpha value is -1.78. The highest BCUT2D eigenvalue weighted by atomic mass is 31.2. The topological polar surface area (TPSA) is 129 Å². The SMILES string of the molecule is CCOP(=O)(CN(C[C@@H]1COC(C)(C)O1)C(=O)Cn1cc(C)c(=O)[nH]c1=O)OCC. The van der Waals surface area contributed by atoms with Gasteiger partial charge in [0, 0.05) is 11.8 Å². The van der Waals surface area contributed by atoms with Crippen LogP contribution in [0.15, 0.2) is 15.8 Å². The van der Waals surface area contributed by atoms with Crippen LogP contribution in [0.25, 0.3) is 0 Å². The van der Waals surface area contributed by atoms with Crippen molar-refractivity contribution in [1.82, 2.24) is 14.5 Å². The van der Waals surface area contributed by atoms with Crippen LogP contribution in [0.2, 0.25) is 0 Å². The summed E-state index contributed by atoms with van der Waals surface area (Å²) in [5.41, 5.74) is -0.938. The molecule has 0 saturated carbocycles. The first-order chi connectivity index (χ1) is 14.0. The first kappa shape index (κ1) is 24.5. The maximum atomic E-state index is 13.0. The van der Waals surface area contributed by atoms with Crippen LogP contribution in [-0.4, -0.2) is 64.9 Å². The number of carbonyl (C=O) groups is 1. The van der Waals surface area contributed by atoms with Gasteiger partial charge in [0.05, 0.1) is 26.4 Å². The highest BCUT2D eigenvalue weighted by Gasteiger charge is 2.37. The van der Waals surface area contributed by atoms with Crippen LogP contribution in [0, 0.1) is 6.92 Å². The summed E-state index contributed by atoms with van der Waals surface area (Å²) in [4.78, 5) is 40.1. The molecule has 1 aromatic rings. The van der Waals surface area contributed by atoms with Crippen LogP contribution in [0.5, 0.6) is 0 Å². The second kappa shape index (κ2) is 10.0. The van der Waals surface area contributed by atoms with E-state index in [9.17, 15) is 18.9 Å². The van der Waals surface area contributed by atoms with E-state index in [1.54, 1.807) is 27.7 Å². The fourth-order valence-electron chi connectivity index (χ4n) is 3.04. The minimum atomic E-state index is -3.59.